The summed E-state index contributed by atoms with van der Waals surface area (Å²) in [5.41, 5.74) is 0.178. The van der Waals surface area contributed by atoms with Crippen molar-refractivity contribution in [2.24, 2.45) is 5.92 Å². The molecule has 0 aromatic rings. The average Bonchev–Trinajstić information content (AvgIpc) is 2.84. The van der Waals surface area contributed by atoms with Gasteiger partial charge in [0.15, 0.2) is 0 Å². The second kappa shape index (κ2) is 3.58. The first-order valence-corrected chi connectivity index (χ1v) is 5.55. The largest absolute Gasteiger partial charge is 0.391 e. The topological polar surface area (TPSA) is 29.5 Å². The Kier molecular flexibility index (Phi) is 2.61. The molecule has 0 spiro atoms. The Bertz CT molecular complexity index is 167. The first-order chi connectivity index (χ1) is 6.23. The van der Waals surface area contributed by atoms with Gasteiger partial charge in [0.2, 0.25) is 0 Å². The van der Waals surface area contributed by atoms with Gasteiger partial charge < -0.3 is 9.84 Å². The van der Waals surface area contributed by atoms with Crippen LogP contribution in [0.1, 0.15) is 45.4 Å². The van der Waals surface area contributed by atoms with Crippen LogP contribution in [0.2, 0.25) is 0 Å². The predicted octanol–water partition coefficient (Wildman–Crippen LogP) is 2.11. The number of aliphatic hydroxyl groups is 1. The first kappa shape index (κ1) is 9.47. The second-order valence-electron chi connectivity index (χ2n) is 4.71. The normalized spacial score (nSPS) is 29.1. The van der Waals surface area contributed by atoms with E-state index in [0.717, 1.165) is 5.92 Å². The van der Waals surface area contributed by atoms with Gasteiger partial charge in [-0.25, -0.2) is 0 Å². The molecule has 0 saturated heterocycles. The molecule has 2 aliphatic rings. The Balaban J connectivity index is 1.89. The molecule has 0 heterocycles. The molecule has 76 valence electrons. The van der Waals surface area contributed by atoms with Gasteiger partial charge in [0.05, 0.1) is 18.3 Å². The number of hydrogen-bond acceptors (Lipinski definition) is 2. The van der Waals surface area contributed by atoms with Gasteiger partial charge in [-0.2, -0.15) is 0 Å². The van der Waals surface area contributed by atoms with E-state index in [1.807, 2.05) is 0 Å². The van der Waals surface area contributed by atoms with E-state index in [1.54, 1.807) is 6.92 Å². The van der Waals surface area contributed by atoms with Gasteiger partial charge in [0.1, 0.15) is 0 Å². The van der Waals surface area contributed by atoms with Gasteiger partial charge >= 0.3 is 0 Å². The van der Waals surface area contributed by atoms with Gasteiger partial charge in [-0.1, -0.05) is 12.8 Å². The molecule has 2 saturated carbocycles. The monoisotopic (exact) mass is 184 g/mol. The van der Waals surface area contributed by atoms with Crippen LogP contribution in [0.25, 0.3) is 0 Å². The molecule has 0 aromatic heterocycles. The summed E-state index contributed by atoms with van der Waals surface area (Å²) in [7, 11) is 0. The Hall–Kier alpha value is -0.0800. The van der Waals surface area contributed by atoms with Crippen LogP contribution < -0.4 is 0 Å². The Labute approximate surface area is 80.3 Å². The molecular weight excluding hydrogens is 164 g/mol. The summed E-state index contributed by atoms with van der Waals surface area (Å²) in [4.78, 5) is 0. The molecule has 2 rings (SSSR count). The van der Waals surface area contributed by atoms with Crippen LogP contribution in [0, 0.1) is 5.92 Å². The van der Waals surface area contributed by atoms with Crippen molar-refractivity contribution in [3.05, 3.63) is 0 Å². The van der Waals surface area contributed by atoms with Crippen molar-refractivity contribution >= 4 is 0 Å². The molecule has 2 heteroatoms. The van der Waals surface area contributed by atoms with Crippen molar-refractivity contribution in [1.82, 2.24) is 0 Å². The number of ether oxygens (including phenoxy) is 1. The van der Waals surface area contributed by atoms with E-state index in [0.29, 0.717) is 6.61 Å². The lowest BCUT2D eigenvalue weighted by Gasteiger charge is -2.30. The minimum atomic E-state index is -0.309. The van der Waals surface area contributed by atoms with Gasteiger partial charge in [-0.05, 0) is 38.5 Å². The lowest BCUT2D eigenvalue weighted by atomic mass is 9.95. The molecule has 1 atom stereocenters. The van der Waals surface area contributed by atoms with E-state index in [2.05, 4.69) is 0 Å². The van der Waals surface area contributed by atoms with Crippen LogP contribution >= 0.6 is 0 Å². The molecule has 1 N–H and O–H groups in total. The van der Waals surface area contributed by atoms with Gasteiger partial charge in [-0.3, -0.25) is 0 Å². The first-order valence-electron chi connectivity index (χ1n) is 5.55. The highest BCUT2D eigenvalue weighted by Crippen LogP contribution is 2.50. The summed E-state index contributed by atoms with van der Waals surface area (Å²) in [6, 6.07) is 0. The van der Waals surface area contributed by atoms with E-state index in [1.165, 1.54) is 38.5 Å². The molecule has 0 aliphatic heterocycles. The number of rotatable bonds is 4. The van der Waals surface area contributed by atoms with Gasteiger partial charge in [0, 0.05) is 0 Å². The standard InChI is InChI=1S/C11H20O2/c1-9(12)8-13-11(10-4-5-10)6-2-3-7-11/h9-10,12H,2-8H2,1H3. The summed E-state index contributed by atoms with van der Waals surface area (Å²) < 4.78 is 5.93. The Morgan fingerprint density at radius 3 is 2.46 bits per heavy atom. The zero-order valence-corrected chi connectivity index (χ0v) is 8.46. The van der Waals surface area contributed by atoms with Gasteiger partial charge in [0.25, 0.3) is 0 Å². The lowest BCUT2D eigenvalue weighted by Crippen LogP contribution is -2.34. The highest BCUT2D eigenvalue weighted by Gasteiger charge is 2.47. The quantitative estimate of drug-likeness (QED) is 0.725. The number of hydrogen-bond donors (Lipinski definition) is 1. The van der Waals surface area contributed by atoms with Crippen molar-refractivity contribution < 1.29 is 9.84 Å². The van der Waals surface area contributed by atoms with Crippen molar-refractivity contribution in [3.8, 4) is 0 Å². The maximum Gasteiger partial charge on any atom is 0.0745 e. The molecule has 0 radical (unpaired) electrons. The Morgan fingerprint density at radius 2 is 2.00 bits per heavy atom. The van der Waals surface area contributed by atoms with Crippen LogP contribution in [0.15, 0.2) is 0 Å². The third kappa shape index (κ3) is 2.05. The minimum absolute atomic E-state index is 0.178. The molecule has 0 aromatic carbocycles. The molecule has 2 nitrogen and oxygen atoms in total. The predicted molar refractivity (Wildman–Crippen MR) is 51.6 cm³/mol. The maximum atomic E-state index is 9.20. The highest BCUT2D eigenvalue weighted by molar-refractivity contribution is 4.99. The molecule has 1 unspecified atom stereocenters. The second-order valence-corrected chi connectivity index (χ2v) is 4.71. The van der Waals surface area contributed by atoms with Crippen LogP contribution in [-0.2, 0) is 4.74 Å². The average molecular weight is 184 g/mol. The van der Waals surface area contributed by atoms with Crippen molar-refractivity contribution in [1.29, 1.82) is 0 Å². The van der Waals surface area contributed by atoms with Crippen molar-refractivity contribution in [2.75, 3.05) is 6.61 Å². The van der Waals surface area contributed by atoms with Crippen LogP contribution in [0.3, 0.4) is 0 Å². The Morgan fingerprint density at radius 1 is 1.38 bits per heavy atom. The zero-order chi connectivity index (χ0) is 9.31. The highest BCUT2D eigenvalue weighted by atomic mass is 16.5. The molecule has 2 aliphatic carbocycles. The molecule has 13 heavy (non-hydrogen) atoms. The van der Waals surface area contributed by atoms with Crippen LogP contribution in [0.5, 0.6) is 0 Å². The molecule has 2 fully saturated rings. The number of aliphatic hydroxyl groups excluding tert-OH is 1. The van der Waals surface area contributed by atoms with E-state index < -0.39 is 0 Å². The fraction of sp³-hybridized carbons (Fsp3) is 1.00. The van der Waals surface area contributed by atoms with Crippen molar-refractivity contribution in [3.63, 3.8) is 0 Å². The van der Waals surface area contributed by atoms with Crippen LogP contribution in [-0.4, -0.2) is 23.4 Å². The summed E-state index contributed by atoms with van der Waals surface area (Å²) in [6.07, 6.45) is 7.47. The van der Waals surface area contributed by atoms with E-state index in [9.17, 15) is 5.11 Å². The molecule has 0 amide bonds. The minimum Gasteiger partial charge on any atom is -0.391 e. The SMILES string of the molecule is CC(O)COC1(C2CC2)CCCC1. The fourth-order valence-electron chi connectivity index (χ4n) is 2.54. The van der Waals surface area contributed by atoms with E-state index in [-0.39, 0.29) is 11.7 Å². The van der Waals surface area contributed by atoms with E-state index in [4.69, 9.17) is 4.74 Å². The van der Waals surface area contributed by atoms with E-state index >= 15 is 0 Å². The third-order valence-electron chi connectivity index (χ3n) is 3.38. The molecular formula is C11H20O2. The summed E-state index contributed by atoms with van der Waals surface area (Å²) >= 11 is 0. The molecule has 0 bridgehead atoms. The lowest BCUT2D eigenvalue weighted by molar-refractivity contribution is -0.0857. The summed E-state index contributed by atoms with van der Waals surface area (Å²) in [5.74, 6) is 0.814. The fourth-order valence-corrected chi connectivity index (χ4v) is 2.54. The zero-order valence-electron chi connectivity index (χ0n) is 8.46. The summed E-state index contributed by atoms with van der Waals surface area (Å²) in [6.45, 7) is 2.33. The smallest absolute Gasteiger partial charge is 0.0745 e. The van der Waals surface area contributed by atoms with Crippen molar-refractivity contribution in [2.45, 2.75) is 57.2 Å². The maximum absolute atomic E-state index is 9.20. The van der Waals surface area contributed by atoms with Gasteiger partial charge in [-0.15, -0.1) is 0 Å². The third-order valence-corrected chi connectivity index (χ3v) is 3.38. The summed E-state index contributed by atoms with van der Waals surface area (Å²) in [5, 5.41) is 9.20. The van der Waals surface area contributed by atoms with Crippen LogP contribution in [0.4, 0.5) is 0 Å².